The van der Waals surface area contributed by atoms with E-state index in [-0.39, 0.29) is 18.0 Å². The lowest BCUT2D eigenvalue weighted by Gasteiger charge is -2.08. The third-order valence-electron chi connectivity index (χ3n) is 2.67. The first kappa shape index (κ1) is 14.3. The van der Waals surface area contributed by atoms with Gasteiger partial charge in [0, 0.05) is 16.6 Å². The third kappa shape index (κ3) is 3.48. The van der Waals surface area contributed by atoms with Crippen LogP contribution in [0.4, 0.5) is 5.69 Å². The van der Waals surface area contributed by atoms with Crippen molar-refractivity contribution in [1.82, 2.24) is 0 Å². The Balaban J connectivity index is 2.18. The highest BCUT2D eigenvalue weighted by molar-refractivity contribution is 9.10. The number of benzene rings is 2. The van der Waals surface area contributed by atoms with Crippen molar-refractivity contribution in [2.45, 2.75) is 6.61 Å². The lowest BCUT2D eigenvalue weighted by atomic mass is 10.2. The molecule has 0 heterocycles. The Morgan fingerprint density at radius 1 is 1.20 bits per heavy atom. The normalized spacial score (nSPS) is 10.1. The molecule has 2 aromatic rings. The summed E-state index contributed by atoms with van der Waals surface area (Å²) < 4.78 is 11.5. The van der Waals surface area contributed by atoms with Crippen LogP contribution >= 0.6 is 15.9 Å². The van der Waals surface area contributed by atoms with E-state index in [1.54, 1.807) is 0 Å². The van der Waals surface area contributed by atoms with Gasteiger partial charge in [0.05, 0.1) is 12.0 Å². The number of hydrogen-bond acceptors (Lipinski definition) is 4. The van der Waals surface area contributed by atoms with Gasteiger partial charge in [-0.1, -0.05) is 28.1 Å². The second-order valence-electron chi connectivity index (χ2n) is 4.01. The van der Waals surface area contributed by atoms with E-state index in [0.717, 1.165) is 10.0 Å². The number of nitro benzene ring substituents is 1. The molecule has 0 saturated heterocycles. The molecule has 0 spiro atoms. The van der Waals surface area contributed by atoms with E-state index in [9.17, 15) is 10.1 Å². The molecule has 2 aromatic carbocycles. The largest absolute Gasteiger partial charge is 0.497 e. The predicted octanol–water partition coefficient (Wildman–Crippen LogP) is 3.94. The fourth-order valence-corrected chi connectivity index (χ4v) is 1.89. The summed E-state index contributed by atoms with van der Waals surface area (Å²) in [5.41, 5.74) is 0.841. The summed E-state index contributed by atoms with van der Waals surface area (Å²) in [5, 5.41) is 11.0. The topological polar surface area (TPSA) is 61.6 Å². The Hall–Kier alpha value is -2.08. The highest BCUT2D eigenvalue weighted by atomic mass is 79.9. The summed E-state index contributed by atoms with van der Waals surface area (Å²) in [7, 11) is 1.50. The van der Waals surface area contributed by atoms with Crippen LogP contribution in [0.2, 0.25) is 0 Å². The van der Waals surface area contributed by atoms with E-state index < -0.39 is 4.92 Å². The van der Waals surface area contributed by atoms with E-state index in [2.05, 4.69) is 15.9 Å². The fourth-order valence-electron chi connectivity index (χ4n) is 1.63. The summed E-state index contributed by atoms with van der Waals surface area (Å²) in [4.78, 5) is 10.5. The monoisotopic (exact) mass is 337 g/mol. The average molecular weight is 338 g/mol. The number of hydrogen-bond donors (Lipinski definition) is 0. The van der Waals surface area contributed by atoms with E-state index in [1.165, 1.54) is 25.3 Å². The molecule has 0 aliphatic rings. The lowest BCUT2D eigenvalue weighted by molar-refractivity contribution is -0.386. The fraction of sp³-hybridized carbons (Fsp3) is 0.143. The van der Waals surface area contributed by atoms with Gasteiger partial charge >= 0.3 is 5.69 Å². The van der Waals surface area contributed by atoms with Crippen LogP contribution in [0.5, 0.6) is 11.5 Å². The Morgan fingerprint density at radius 3 is 2.50 bits per heavy atom. The molecule has 2 rings (SSSR count). The van der Waals surface area contributed by atoms with Crippen molar-refractivity contribution in [3.63, 3.8) is 0 Å². The molecule has 0 aliphatic carbocycles. The number of ether oxygens (including phenoxy) is 2. The van der Waals surface area contributed by atoms with Gasteiger partial charge in [0.2, 0.25) is 5.75 Å². The summed E-state index contributed by atoms with van der Waals surface area (Å²) in [5.74, 6) is 0.707. The Labute approximate surface area is 124 Å². The van der Waals surface area contributed by atoms with Gasteiger partial charge in [0.25, 0.3) is 0 Å². The molecule has 0 unspecified atom stereocenters. The second-order valence-corrected chi connectivity index (χ2v) is 4.92. The van der Waals surface area contributed by atoms with Crippen LogP contribution in [-0.2, 0) is 6.61 Å². The average Bonchev–Trinajstić information content (AvgIpc) is 2.46. The van der Waals surface area contributed by atoms with Crippen molar-refractivity contribution >= 4 is 21.6 Å². The van der Waals surface area contributed by atoms with Crippen molar-refractivity contribution in [3.8, 4) is 11.5 Å². The quantitative estimate of drug-likeness (QED) is 0.612. The van der Waals surface area contributed by atoms with Gasteiger partial charge in [0.1, 0.15) is 12.4 Å². The van der Waals surface area contributed by atoms with Crippen LogP contribution in [0, 0.1) is 10.1 Å². The molecule has 0 amide bonds. The highest BCUT2D eigenvalue weighted by Gasteiger charge is 2.16. The molecule has 0 N–H and O–H groups in total. The van der Waals surface area contributed by atoms with E-state index in [0.29, 0.717) is 5.75 Å². The molecule has 20 heavy (non-hydrogen) atoms. The number of rotatable bonds is 5. The first-order chi connectivity index (χ1) is 9.60. The van der Waals surface area contributed by atoms with Crippen LogP contribution in [0.25, 0.3) is 0 Å². The van der Waals surface area contributed by atoms with Crippen LogP contribution in [0.1, 0.15) is 5.56 Å². The molecule has 0 aliphatic heterocycles. The minimum absolute atomic E-state index is 0.0806. The maximum Gasteiger partial charge on any atom is 0.311 e. The van der Waals surface area contributed by atoms with E-state index in [1.807, 2.05) is 24.3 Å². The smallest absolute Gasteiger partial charge is 0.311 e. The number of nitro groups is 1. The first-order valence-corrected chi connectivity index (χ1v) is 6.59. The van der Waals surface area contributed by atoms with Gasteiger partial charge in [-0.25, -0.2) is 0 Å². The van der Waals surface area contributed by atoms with Crippen molar-refractivity contribution in [3.05, 3.63) is 62.6 Å². The first-order valence-electron chi connectivity index (χ1n) is 5.80. The molecule has 104 valence electrons. The zero-order valence-electron chi connectivity index (χ0n) is 10.7. The van der Waals surface area contributed by atoms with Crippen molar-refractivity contribution in [2.24, 2.45) is 0 Å². The molecule has 5 nitrogen and oxygen atoms in total. The summed E-state index contributed by atoms with van der Waals surface area (Å²) in [6.07, 6.45) is 0. The van der Waals surface area contributed by atoms with E-state index in [4.69, 9.17) is 9.47 Å². The Morgan fingerprint density at radius 2 is 1.90 bits per heavy atom. The molecule has 0 radical (unpaired) electrons. The molecule has 0 fully saturated rings. The van der Waals surface area contributed by atoms with Gasteiger partial charge in [-0.2, -0.15) is 0 Å². The maximum absolute atomic E-state index is 11.0. The summed E-state index contributed by atoms with van der Waals surface area (Å²) in [6.45, 7) is 0.251. The SMILES string of the molecule is COc1ccc([N+](=O)[O-])c(OCc2ccc(Br)cc2)c1. The molecule has 0 atom stereocenters. The lowest BCUT2D eigenvalue weighted by Crippen LogP contribution is -1.99. The van der Waals surface area contributed by atoms with Gasteiger partial charge < -0.3 is 9.47 Å². The molecule has 0 saturated carbocycles. The van der Waals surface area contributed by atoms with Crippen LogP contribution in [0.15, 0.2) is 46.9 Å². The zero-order chi connectivity index (χ0) is 14.5. The molecular weight excluding hydrogens is 326 g/mol. The number of halogens is 1. The highest BCUT2D eigenvalue weighted by Crippen LogP contribution is 2.31. The van der Waals surface area contributed by atoms with Gasteiger partial charge in [-0.05, 0) is 23.8 Å². The second kappa shape index (κ2) is 6.38. The molecule has 6 heteroatoms. The Kier molecular flexibility index (Phi) is 4.57. The van der Waals surface area contributed by atoms with Crippen molar-refractivity contribution in [1.29, 1.82) is 0 Å². The van der Waals surface area contributed by atoms with Crippen LogP contribution in [-0.4, -0.2) is 12.0 Å². The summed E-state index contributed by atoms with van der Waals surface area (Å²) in [6, 6.07) is 12.0. The van der Waals surface area contributed by atoms with E-state index >= 15 is 0 Å². The van der Waals surface area contributed by atoms with Gasteiger partial charge in [-0.15, -0.1) is 0 Å². The molecule has 0 aromatic heterocycles. The van der Waals surface area contributed by atoms with Gasteiger partial charge in [-0.3, -0.25) is 10.1 Å². The molecule has 0 bridgehead atoms. The zero-order valence-corrected chi connectivity index (χ0v) is 12.3. The maximum atomic E-state index is 11.0. The van der Waals surface area contributed by atoms with Crippen LogP contribution in [0.3, 0.4) is 0 Å². The third-order valence-corrected chi connectivity index (χ3v) is 3.20. The minimum atomic E-state index is -0.476. The van der Waals surface area contributed by atoms with Crippen molar-refractivity contribution < 1.29 is 14.4 Å². The number of nitrogens with zero attached hydrogens (tertiary/aromatic N) is 1. The Bertz CT molecular complexity index is 613. The molecular formula is C14H12BrNO4. The van der Waals surface area contributed by atoms with Gasteiger partial charge in [0.15, 0.2) is 0 Å². The predicted molar refractivity (Wildman–Crippen MR) is 78.1 cm³/mol. The standard InChI is InChI=1S/C14H12BrNO4/c1-19-12-6-7-13(16(17)18)14(8-12)20-9-10-2-4-11(15)5-3-10/h2-8H,9H2,1H3. The van der Waals surface area contributed by atoms with Crippen molar-refractivity contribution in [2.75, 3.05) is 7.11 Å². The number of methoxy groups -OCH3 is 1. The van der Waals surface area contributed by atoms with Crippen LogP contribution < -0.4 is 9.47 Å². The summed E-state index contributed by atoms with van der Waals surface area (Å²) >= 11 is 3.34. The minimum Gasteiger partial charge on any atom is -0.497 e.